The maximum absolute atomic E-state index is 9.31. The molecule has 0 radical (unpaired) electrons. The Balaban J connectivity index is 2.34. The summed E-state index contributed by atoms with van der Waals surface area (Å²) in [5.41, 5.74) is 2.52. The van der Waals surface area contributed by atoms with Crippen LogP contribution in [0, 0.1) is 5.41 Å². The normalized spacial score (nSPS) is 19.5. The highest BCUT2D eigenvalue weighted by molar-refractivity contribution is 5.85. The molecule has 0 fully saturated rings. The molecule has 0 bridgehead atoms. The number of rotatable bonds is 1. The standard InChI is InChI=1S/C12H16N2O/c1-14(15)12(13)11-8-4-6-9-5-2-3-7-10(9)11/h2-3,5,7,11,13,15H,4,6,8H2,1H3. The Hall–Kier alpha value is -1.35. The molecule has 1 aliphatic rings. The first-order valence-electron chi connectivity index (χ1n) is 5.29. The lowest BCUT2D eigenvalue weighted by Crippen LogP contribution is -2.30. The van der Waals surface area contributed by atoms with Crippen LogP contribution in [0.1, 0.15) is 29.9 Å². The number of fused-ring (bicyclic) bond motifs is 1. The molecular weight excluding hydrogens is 188 g/mol. The fraction of sp³-hybridized carbons (Fsp3) is 0.417. The quantitative estimate of drug-likeness (QED) is 0.419. The molecule has 0 spiro atoms. The second-order valence-corrected chi connectivity index (χ2v) is 4.05. The van der Waals surface area contributed by atoms with Crippen molar-refractivity contribution >= 4 is 5.84 Å². The van der Waals surface area contributed by atoms with Crippen LogP contribution in [0.5, 0.6) is 0 Å². The fourth-order valence-corrected chi connectivity index (χ4v) is 2.26. The third kappa shape index (κ3) is 1.88. The molecule has 2 rings (SSSR count). The molecule has 1 unspecified atom stereocenters. The van der Waals surface area contributed by atoms with E-state index in [9.17, 15) is 5.21 Å². The van der Waals surface area contributed by atoms with Crippen LogP contribution >= 0.6 is 0 Å². The molecule has 1 atom stereocenters. The van der Waals surface area contributed by atoms with E-state index in [1.807, 2.05) is 12.1 Å². The summed E-state index contributed by atoms with van der Waals surface area (Å²) in [6.45, 7) is 0. The van der Waals surface area contributed by atoms with Gasteiger partial charge in [-0.2, -0.15) is 0 Å². The maximum Gasteiger partial charge on any atom is 0.128 e. The lowest BCUT2D eigenvalue weighted by molar-refractivity contribution is 0.00821. The molecule has 15 heavy (non-hydrogen) atoms. The van der Waals surface area contributed by atoms with Gasteiger partial charge >= 0.3 is 0 Å². The van der Waals surface area contributed by atoms with Crippen LogP contribution in [0.25, 0.3) is 0 Å². The molecule has 0 aliphatic heterocycles. The number of hydroxylamine groups is 2. The third-order valence-electron chi connectivity index (χ3n) is 3.05. The number of aryl methyl sites for hydroxylation is 1. The van der Waals surface area contributed by atoms with Crippen molar-refractivity contribution < 1.29 is 5.21 Å². The number of nitrogens with one attached hydrogen (secondary N) is 1. The first kappa shape index (κ1) is 10.2. The van der Waals surface area contributed by atoms with Gasteiger partial charge in [-0.15, -0.1) is 0 Å². The molecule has 1 aromatic carbocycles. The predicted molar refractivity (Wildman–Crippen MR) is 59.4 cm³/mol. The first-order chi connectivity index (χ1) is 7.20. The summed E-state index contributed by atoms with van der Waals surface area (Å²) in [6, 6.07) is 8.22. The number of amidine groups is 1. The number of likely N-dealkylation sites (N-methyl/N-ethyl adjacent to an activating group) is 1. The Morgan fingerprint density at radius 3 is 2.93 bits per heavy atom. The van der Waals surface area contributed by atoms with Crippen LogP contribution in [0.4, 0.5) is 0 Å². The van der Waals surface area contributed by atoms with E-state index in [2.05, 4.69) is 12.1 Å². The minimum absolute atomic E-state index is 0.0601. The van der Waals surface area contributed by atoms with Gasteiger partial charge in [0.05, 0.1) is 0 Å². The van der Waals surface area contributed by atoms with Crippen LogP contribution in [0.3, 0.4) is 0 Å². The highest BCUT2D eigenvalue weighted by Crippen LogP contribution is 2.32. The fourth-order valence-electron chi connectivity index (χ4n) is 2.26. The smallest absolute Gasteiger partial charge is 0.128 e. The molecule has 3 nitrogen and oxygen atoms in total. The van der Waals surface area contributed by atoms with E-state index in [0.717, 1.165) is 24.3 Å². The van der Waals surface area contributed by atoms with Gasteiger partial charge in [-0.1, -0.05) is 24.3 Å². The zero-order valence-corrected chi connectivity index (χ0v) is 8.90. The summed E-state index contributed by atoms with van der Waals surface area (Å²) in [5, 5.41) is 18.1. The van der Waals surface area contributed by atoms with Gasteiger partial charge in [0, 0.05) is 13.0 Å². The zero-order chi connectivity index (χ0) is 10.8. The monoisotopic (exact) mass is 204 g/mol. The molecule has 1 aliphatic carbocycles. The Bertz CT molecular complexity index is 374. The molecule has 0 heterocycles. The van der Waals surface area contributed by atoms with Crippen molar-refractivity contribution in [2.24, 2.45) is 0 Å². The maximum atomic E-state index is 9.31. The molecule has 80 valence electrons. The molecule has 3 heteroatoms. The van der Waals surface area contributed by atoms with Gasteiger partial charge in [-0.25, -0.2) is 5.06 Å². The summed E-state index contributed by atoms with van der Waals surface area (Å²) in [5.74, 6) is 0.354. The van der Waals surface area contributed by atoms with Crippen molar-refractivity contribution in [2.45, 2.75) is 25.2 Å². The number of benzene rings is 1. The second-order valence-electron chi connectivity index (χ2n) is 4.05. The van der Waals surface area contributed by atoms with E-state index >= 15 is 0 Å². The minimum atomic E-state index is 0.0601. The topological polar surface area (TPSA) is 47.3 Å². The average molecular weight is 204 g/mol. The van der Waals surface area contributed by atoms with Gasteiger partial charge in [0.1, 0.15) is 5.84 Å². The van der Waals surface area contributed by atoms with Crippen molar-refractivity contribution in [1.82, 2.24) is 5.06 Å². The Morgan fingerprint density at radius 1 is 1.47 bits per heavy atom. The highest BCUT2D eigenvalue weighted by atomic mass is 16.5. The lowest BCUT2D eigenvalue weighted by Gasteiger charge is -2.28. The van der Waals surface area contributed by atoms with E-state index in [1.54, 1.807) is 0 Å². The summed E-state index contributed by atoms with van der Waals surface area (Å²) in [6.07, 6.45) is 3.15. The van der Waals surface area contributed by atoms with Gasteiger partial charge in [0.15, 0.2) is 0 Å². The summed E-state index contributed by atoms with van der Waals surface area (Å²) in [4.78, 5) is 0. The average Bonchev–Trinajstić information content (AvgIpc) is 2.27. The number of hydrogen-bond donors (Lipinski definition) is 2. The summed E-state index contributed by atoms with van der Waals surface area (Å²) < 4.78 is 0. The van der Waals surface area contributed by atoms with Gasteiger partial charge < -0.3 is 0 Å². The molecule has 0 saturated carbocycles. The van der Waals surface area contributed by atoms with E-state index in [4.69, 9.17) is 5.41 Å². The molecule has 0 saturated heterocycles. The SMILES string of the molecule is CN(O)C(=N)C1CCCc2ccccc21. The molecule has 2 N–H and O–H groups in total. The van der Waals surface area contributed by atoms with E-state index in [-0.39, 0.29) is 5.92 Å². The van der Waals surface area contributed by atoms with Crippen LogP contribution in [0.2, 0.25) is 0 Å². The second kappa shape index (κ2) is 4.03. The minimum Gasteiger partial charge on any atom is -0.288 e. The lowest BCUT2D eigenvalue weighted by atomic mass is 9.82. The number of nitrogens with zero attached hydrogens (tertiary/aromatic N) is 1. The highest BCUT2D eigenvalue weighted by Gasteiger charge is 2.24. The first-order valence-corrected chi connectivity index (χ1v) is 5.29. The van der Waals surface area contributed by atoms with Gasteiger partial charge in [0.2, 0.25) is 0 Å². The third-order valence-corrected chi connectivity index (χ3v) is 3.05. The molecule has 0 aromatic heterocycles. The summed E-state index contributed by atoms with van der Waals surface area (Å²) in [7, 11) is 1.51. The van der Waals surface area contributed by atoms with Crippen LogP contribution in [-0.4, -0.2) is 23.2 Å². The van der Waals surface area contributed by atoms with Crippen molar-refractivity contribution in [3.05, 3.63) is 35.4 Å². The zero-order valence-electron chi connectivity index (χ0n) is 8.90. The van der Waals surface area contributed by atoms with Gasteiger partial charge in [0.25, 0.3) is 0 Å². The van der Waals surface area contributed by atoms with E-state index in [0.29, 0.717) is 5.84 Å². The number of hydrogen-bond acceptors (Lipinski definition) is 2. The molecule has 0 amide bonds. The van der Waals surface area contributed by atoms with E-state index < -0.39 is 0 Å². The van der Waals surface area contributed by atoms with Gasteiger partial charge in [-0.05, 0) is 30.4 Å². The van der Waals surface area contributed by atoms with Crippen LogP contribution in [-0.2, 0) is 6.42 Å². The molecule has 1 aromatic rings. The van der Waals surface area contributed by atoms with Crippen molar-refractivity contribution in [1.29, 1.82) is 5.41 Å². The largest absolute Gasteiger partial charge is 0.288 e. The van der Waals surface area contributed by atoms with Crippen molar-refractivity contribution in [3.63, 3.8) is 0 Å². The predicted octanol–water partition coefficient (Wildman–Crippen LogP) is 2.40. The van der Waals surface area contributed by atoms with Crippen molar-refractivity contribution in [3.8, 4) is 0 Å². The van der Waals surface area contributed by atoms with Crippen molar-refractivity contribution in [2.75, 3.05) is 7.05 Å². The molecular formula is C12H16N2O. The van der Waals surface area contributed by atoms with Gasteiger partial charge in [-0.3, -0.25) is 10.6 Å². The Morgan fingerprint density at radius 2 is 2.20 bits per heavy atom. The van der Waals surface area contributed by atoms with Crippen LogP contribution < -0.4 is 0 Å². The van der Waals surface area contributed by atoms with Crippen LogP contribution in [0.15, 0.2) is 24.3 Å². The van der Waals surface area contributed by atoms with E-state index in [1.165, 1.54) is 18.2 Å². The summed E-state index contributed by atoms with van der Waals surface area (Å²) >= 11 is 0. The Labute approximate surface area is 89.8 Å². The Kier molecular flexibility index (Phi) is 2.73.